The minimum atomic E-state index is 0.0263. The maximum Gasteiger partial charge on any atom is 0.272 e. The van der Waals surface area contributed by atoms with E-state index < -0.39 is 0 Å². The summed E-state index contributed by atoms with van der Waals surface area (Å²) in [6.45, 7) is 9.46. The molecule has 5 nitrogen and oxygen atoms in total. The molecule has 1 aromatic rings. The highest BCUT2D eigenvalue weighted by Gasteiger charge is 2.42. The highest BCUT2D eigenvalue weighted by Crippen LogP contribution is 2.39. The Morgan fingerprint density at radius 1 is 1.27 bits per heavy atom. The standard InChI is InChI=1S/C21H31N3O2/c1-16(2)9-13-23-14-21(11-8-19(23)25)10-5-12-24(15-21)20(26)18-7-4-6-17(3)22-18/h4,6-7,16H,5,8-15H2,1-3H3. The zero-order valence-corrected chi connectivity index (χ0v) is 16.3. The number of aromatic nitrogens is 1. The first-order chi connectivity index (χ1) is 12.4. The number of nitrogens with zero attached hydrogens (tertiary/aromatic N) is 3. The zero-order valence-electron chi connectivity index (χ0n) is 16.3. The Labute approximate surface area is 156 Å². The summed E-state index contributed by atoms with van der Waals surface area (Å²) in [5.41, 5.74) is 1.46. The van der Waals surface area contributed by atoms with E-state index in [1.165, 1.54) is 0 Å². The first-order valence-corrected chi connectivity index (χ1v) is 9.89. The number of carbonyl (C=O) groups is 2. The topological polar surface area (TPSA) is 53.5 Å². The summed E-state index contributed by atoms with van der Waals surface area (Å²) in [7, 11) is 0. The van der Waals surface area contributed by atoms with Crippen molar-refractivity contribution in [1.82, 2.24) is 14.8 Å². The van der Waals surface area contributed by atoms with Crippen molar-refractivity contribution in [2.75, 3.05) is 26.2 Å². The van der Waals surface area contributed by atoms with Gasteiger partial charge in [-0.15, -0.1) is 0 Å². The minimum absolute atomic E-state index is 0.0263. The van der Waals surface area contributed by atoms with Crippen molar-refractivity contribution >= 4 is 11.8 Å². The Morgan fingerprint density at radius 3 is 2.81 bits per heavy atom. The van der Waals surface area contributed by atoms with Crippen LogP contribution >= 0.6 is 0 Å². The van der Waals surface area contributed by atoms with Gasteiger partial charge in [0.1, 0.15) is 5.69 Å². The summed E-state index contributed by atoms with van der Waals surface area (Å²) in [6, 6.07) is 5.60. The number of aryl methyl sites for hydroxylation is 1. The van der Waals surface area contributed by atoms with Gasteiger partial charge in [-0.1, -0.05) is 19.9 Å². The molecular weight excluding hydrogens is 326 g/mol. The molecule has 0 radical (unpaired) electrons. The molecule has 1 aromatic heterocycles. The molecule has 26 heavy (non-hydrogen) atoms. The van der Waals surface area contributed by atoms with E-state index in [0.717, 1.165) is 57.6 Å². The van der Waals surface area contributed by atoms with E-state index in [0.29, 0.717) is 18.0 Å². The predicted molar refractivity (Wildman–Crippen MR) is 102 cm³/mol. The number of rotatable bonds is 4. The fraction of sp³-hybridized carbons (Fsp3) is 0.667. The lowest BCUT2D eigenvalue weighted by atomic mass is 9.73. The van der Waals surface area contributed by atoms with Gasteiger partial charge in [-0.3, -0.25) is 9.59 Å². The molecule has 0 N–H and O–H groups in total. The van der Waals surface area contributed by atoms with Crippen LogP contribution in [0.25, 0.3) is 0 Å². The summed E-state index contributed by atoms with van der Waals surface area (Å²) >= 11 is 0. The van der Waals surface area contributed by atoms with Gasteiger partial charge in [-0.25, -0.2) is 4.98 Å². The average molecular weight is 357 g/mol. The van der Waals surface area contributed by atoms with Crippen LogP contribution in [0.15, 0.2) is 18.2 Å². The number of amides is 2. The minimum Gasteiger partial charge on any atom is -0.342 e. The predicted octanol–water partition coefficient (Wildman–Crippen LogP) is 3.28. The Bertz CT molecular complexity index is 673. The first kappa shape index (κ1) is 18.9. The van der Waals surface area contributed by atoms with Gasteiger partial charge in [0.15, 0.2) is 0 Å². The Kier molecular flexibility index (Phi) is 5.64. The first-order valence-electron chi connectivity index (χ1n) is 9.89. The molecule has 1 atom stereocenters. The number of pyridine rings is 1. The quantitative estimate of drug-likeness (QED) is 0.831. The Balaban J connectivity index is 1.70. The molecule has 3 rings (SSSR count). The van der Waals surface area contributed by atoms with E-state index in [4.69, 9.17) is 0 Å². The van der Waals surface area contributed by atoms with Crippen LogP contribution in [0, 0.1) is 18.3 Å². The monoisotopic (exact) mass is 357 g/mol. The summed E-state index contributed by atoms with van der Waals surface area (Å²) in [5, 5.41) is 0. The van der Waals surface area contributed by atoms with Gasteiger partial charge in [-0.05, 0) is 50.7 Å². The molecule has 0 aromatic carbocycles. The normalized spacial score (nSPS) is 23.8. The van der Waals surface area contributed by atoms with E-state index in [-0.39, 0.29) is 17.2 Å². The van der Waals surface area contributed by atoms with Crippen LogP contribution < -0.4 is 0 Å². The summed E-state index contributed by atoms with van der Waals surface area (Å²) in [5.74, 6) is 0.899. The third-order valence-electron chi connectivity index (χ3n) is 5.78. The fourth-order valence-corrected chi connectivity index (χ4v) is 4.26. The molecule has 3 heterocycles. The van der Waals surface area contributed by atoms with Crippen LogP contribution in [0.4, 0.5) is 0 Å². The summed E-state index contributed by atoms with van der Waals surface area (Å²) < 4.78 is 0. The van der Waals surface area contributed by atoms with Crippen LogP contribution in [0.5, 0.6) is 0 Å². The van der Waals surface area contributed by atoms with Crippen molar-refractivity contribution in [1.29, 1.82) is 0 Å². The smallest absolute Gasteiger partial charge is 0.272 e. The van der Waals surface area contributed by atoms with Crippen molar-refractivity contribution < 1.29 is 9.59 Å². The highest BCUT2D eigenvalue weighted by atomic mass is 16.2. The average Bonchev–Trinajstić information content (AvgIpc) is 2.62. The van der Waals surface area contributed by atoms with Gasteiger partial charge in [0.2, 0.25) is 5.91 Å². The van der Waals surface area contributed by atoms with Gasteiger partial charge in [-0.2, -0.15) is 0 Å². The fourth-order valence-electron chi connectivity index (χ4n) is 4.26. The second-order valence-electron chi connectivity index (χ2n) is 8.49. The summed E-state index contributed by atoms with van der Waals surface area (Å²) in [6.07, 6.45) is 4.66. The van der Waals surface area contributed by atoms with Crippen molar-refractivity contribution in [2.45, 2.75) is 52.9 Å². The highest BCUT2D eigenvalue weighted by molar-refractivity contribution is 5.92. The second kappa shape index (κ2) is 7.77. The van der Waals surface area contributed by atoms with Gasteiger partial charge >= 0.3 is 0 Å². The van der Waals surface area contributed by atoms with Crippen molar-refractivity contribution in [3.8, 4) is 0 Å². The molecule has 0 aliphatic carbocycles. The van der Waals surface area contributed by atoms with Crippen molar-refractivity contribution in [3.05, 3.63) is 29.6 Å². The van der Waals surface area contributed by atoms with E-state index in [9.17, 15) is 9.59 Å². The van der Waals surface area contributed by atoms with Gasteiger partial charge in [0.25, 0.3) is 5.91 Å². The summed E-state index contributed by atoms with van der Waals surface area (Å²) in [4.78, 5) is 33.7. The third kappa shape index (κ3) is 4.25. The molecule has 0 saturated carbocycles. The molecule has 2 aliphatic heterocycles. The maximum atomic E-state index is 12.9. The Morgan fingerprint density at radius 2 is 2.08 bits per heavy atom. The van der Waals surface area contributed by atoms with Gasteiger partial charge in [0, 0.05) is 43.7 Å². The maximum absolute atomic E-state index is 12.9. The molecule has 2 saturated heterocycles. The van der Waals surface area contributed by atoms with Gasteiger partial charge in [0.05, 0.1) is 0 Å². The molecule has 1 unspecified atom stereocenters. The SMILES string of the molecule is Cc1cccc(C(=O)N2CCCC3(CCC(=O)N(CCC(C)C)C3)C2)n1. The molecule has 2 amide bonds. The molecular formula is C21H31N3O2. The molecule has 2 aliphatic rings. The van der Waals surface area contributed by atoms with Gasteiger partial charge < -0.3 is 9.80 Å². The van der Waals surface area contributed by atoms with Crippen LogP contribution in [0.1, 0.15) is 62.1 Å². The zero-order chi connectivity index (χ0) is 18.7. The van der Waals surface area contributed by atoms with Crippen LogP contribution in [-0.4, -0.2) is 52.8 Å². The lowest BCUT2D eigenvalue weighted by Crippen LogP contribution is -2.55. The van der Waals surface area contributed by atoms with E-state index >= 15 is 0 Å². The molecule has 0 bridgehead atoms. The van der Waals surface area contributed by atoms with E-state index in [1.807, 2.05) is 28.9 Å². The van der Waals surface area contributed by atoms with Crippen LogP contribution in [0.3, 0.4) is 0 Å². The largest absolute Gasteiger partial charge is 0.342 e. The number of likely N-dealkylation sites (tertiary alicyclic amines) is 2. The second-order valence-corrected chi connectivity index (χ2v) is 8.49. The molecule has 142 valence electrons. The van der Waals surface area contributed by atoms with Crippen molar-refractivity contribution in [3.63, 3.8) is 0 Å². The van der Waals surface area contributed by atoms with E-state index in [2.05, 4.69) is 18.8 Å². The number of piperidine rings is 2. The number of hydrogen-bond donors (Lipinski definition) is 0. The third-order valence-corrected chi connectivity index (χ3v) is 5.78. The van der Waals surface area contributed by atoms with Crippen LogP contribution in [-0.2, 0) is 4.79 Å². The number of carbonyl (C=O) groups excluding carboxylic acids is 2. The Hall–Kier alpha value is -1.91. The van der Waals surface area contributed by atoms with Crippen LogP contribution in [0.2, 0.25) is 0 Å². The molecule has 2 fully saturated rings. The molecule has 1 spiro atoms. The van der Waals surface area contributed by atoms with Crippen molar-refractivity contribution in [2.24, 2.45) is 11.3 Å². The lowest BCUT2D eigenvalue weighted by Gasteiger charge is -2.48. The number of hydrogen-bond acceptors (Lipinski definition) is 3. The van der Waals surface area contributed by atoms with E-state index in [1.54, 1.807) is 6.07 Å². The lowest BCUT2D eigenvalue weighted by molar-refractivity contribution is -0.139. The molecule has 5 heteroatoms.